The molecule has 7 heteroatoms. The van der Waals surface area contributed by atoms with Gasteiger partial charge in [0.15, 0.2) is 6.10 Å². The Balaban J connectivity index is 1.49. The van der Waals surface area contributed by atoms with Crippen LogP contribution in [0.4, 0.5) is 5.69 Å². The first-order valence-electron chi connectivity index (χ1n) is 9.03. The van der Waals surface area contributed by atoms with Gasteiger partial charge in [0, 0.05) is 30.1 Å². The van der Waals surface area contributed by atoms with Gasteiger partial charge in [-0.3, -0.25) is 14.7 Å². The van der Waals surface area contributed by atoms with E-state index in [4.69, 9.17) is 4.74 Å². The fourth-order valence-electron chi connectivity index (χ4n) is 3.46. The van der Waals surface area contributed by atoms with E-state index in [1.807, 2.05) is 0 Å². The van der Waals surface area contributed by atoms with E-state index < -0.39 is 12.1 Å². The standard InChI is InChI=1S/C21H19N3O4/c1-12(28-21(27)16-3-4-17-11-22-23-18(17)10-16)20(26)15-5-6-19-14(9-15)7-8-24(19)13(2)25/h3-6,9-12H,7-8H2,1-2H3,(H,22,23). The Bertz CT molecular complexity index is 1100. The first-order chi connectivity index (χ1) is 13.4. The van der Waals surface area contributed by atoms with Gasteiger partial charge in [-0.15, -0.1) is 0 Å². The van der Waals surface area contributed by atoms with Crippen LogP contribution in [0.2, 0.25) is 0 Å². The molecule has 1 aromatic heterocycles. The molecule has 3 aromatic rings. The average Bonchev–Trinajstić information content (AvgIpc) is 3.32. The van der Waals surface area contributed by atoms with Crippen LogP contribution < -0.4 is 4.90 Å². The fourth-order valence-corrected chi connectivity index (χ4v) is 3.46. The lowest BCUT2D eigenvalue weighted by Crippen LogP contribution is -2.26. The number of nitrogens with one attached hydrogen (secondary N) is 1. The van der Waals surface area contributed by atoms with Crippen LogP contribution in [-0.4, -0.2) is 40.5 Å². The first-order valence-corrected chi connectivity index (χ1v) is 9.03. The summed E-state index contributed by atoms with van der Waals surface area (Å²) in [6.45, 7) is 3.70. The molecule has 7 nitrogen and oxygen atoms in total. The number of esters is 1. The number of H-pyrrole nitrogens is 1. The monoisotopic (exact) mass is 377 g/mol. The second kappa shape index (κ2) is 6.92. The van der Waals surface area contributed by atoms with Crippen LogP contribution in [0.1, 0.15) is 40.1 Å². The number of fused-ring (bicyclic) bond motifs is 2. The van der Waals surface area contributed by atoms with Crippen molar-refractivity contribution in [3.63, 3.8) is 0 Å². The van der Waals surface area contributed by atoms with Gasteiger partial charge < -0.3 is 9.64 Å². The molecular formula is C21H19N3O4. The summed E-state index contributed by atoms with van der Waals surface area (Å²) in [6.07, 6.45) is 1.44. The normalized spacial score (nSPS) is 14.0. The molecule has 0 radical (unpaired) electrons. The molecule has 0 aliphatic carbocycles. The van der Waals surface area contributed by atoms with Crippen LogP contribution in [0.3, 0.4) is 0 Å². The van der Waals surface area contributed by atoms with E-state index in [0.717, 1.165) is 22.2 Å². The number of hydrogen-bond donors (Lipinski definition) is 1. The molecular weight excluding hydrogens is 358 g/mol. The highest BCUT2D eigenvalue weighted by atomic mass is 16.5. The predicted molar refractivity (Wildman–Crippen MR) is 103 cm³/mol. The van der Waals surface area contributed by atoms with Crippen molar-refractivity contribution in [2.45, 2.75) is 26.4 Å². The highest BCUT2D eigenvalue weighted by Gasteiger charge is 2.25. The number of ether oxygens (including phenoxy) is 1. The summed E-state index contributed by atoms with van der Waals surface area (Å²) in [5, 5.41) is 7.61. The summed E-state index contributed by atoms with van der Waals surface area (Å²) in [5.74, 6) is -0.865. The van der Waals surface area contributed by atoms with Gasteiger partial charge in [0.25, 0.3) is 0 Å². The highest BCUT2D eigenvalue weighted by Crippen LogP contribution is 2.29. The third-order valence-electron chi connectivity index (χ3n) is 4.97. The summed E-state index contributed by atoms with van der Waals surface area (Å²) < 4.78 is 5.37. The van der Waals surface area contributed by atoms with Gasteiger partial charge in [-0.25, -0.2) is 4.79 Å². The van der Waals surface area contributed by atoms with Crippen molar-refractivity contribution < 1.29 is 19.1 Å². The number of aromatic nitrogens is 2. The predicted octanol–water partition coefficient (Wildman–Crippen LogP) is 2.90. The Morgan fingerprint density at radius 2 is 1.93 bits per heavy atom. The van der Waals surface area contributed by atoms with Gasteiger partial charge >= 0.3 is 5.97 Å². The molecule has 1 atom stereocenters. The van der Waals surface area contributed by atoms with Crippen molar-refractivity contribution in [3.05, 3.63) is 59.3 Å². The minimum absolute atomic E-state index is 0.0191. The summed E-state index contributed by atoms with van der Waals surface area (Å²) in [7, 11) is 0. The van der Waals surface area contributed by atoms with Crippen LogP contribution in [0, 0.1) is 0 Å². The number of ketones is 1. The summed E-state index contributed by atoms with van der Waals surface area (Å²) >= 11 is 0. The second-order valence-corrected chi connectivity index (χ2v) is 6.85. The number of rotatable bonds is 4. The largest absolute Gasteiger partial charge is 0.451 e. The minimum Gasteiger partial charge on any atom is -0.451 e. The van der Waals surface area contributed by atoms with Gasteiger partial charge in [-0.2, -0.15) is 5.10 Å². The lowest BCUT2D eigenvalue weighted by Gasteiger charge is -2.16. The number of benzene rings is 2. The summed E-state index contributed by atoms with van der Waals surface area (Å²) in [4.78, 5) is 38.5. The maximum atomic E-state index is 12.7. The Morgan fingerprint density at radius 3 is 2.71 bits per heavy atom. The van der Waals surface area contributed by atoms with Crippen molar-refractivity contribution >= 4 is 34.3 Å². The van der Waals surface area contributed by atoms with Crippen LogP contribution in [0.5, 0.6) is 0 Å². The zero-order valence-corrected chi connectivity index (χ0v) is 15.6. The number of carbonyl (C=O) groups excluding carboxylic acids is 3. The minimum atomic E-state index is -0.923. The molecule has 1 amide bonds. The van der Waals surface area contributed by atoms with Gasteiger partial charge in [0.05, 0.1) is 17.3 Å². The zero-order chi connectivity index (χ0) is 19.8. The van der Waals surface area contributed by atoms with E-state index in [1.165, 1.54) is 6.92 Å². The molecule has 28 heavy (non-hydrogen) atoms. The Morgan fingerprint density at radius 1 is 1.14 bits per heavy atom. The van der Waals surface area contributed by atoms with Crippen molar-refractivity contribution in [1.82, 2.24) is 10.2 Å². The van der Waals surface area contributed by atoms with Gasteiger partial charge in [-0.1, -0.05) is 6.07 Å². The summed E-state index contributed by atoms with van der Waals surface area (Å²) in [5.41, 5.74) is 3.32. The molecule has 1 aliphatic heterocycles. The van der Waals surface area contributed by atoms with Gasteiger partial charge in [-0.05, 0) is 49.2 Å². The van der Waals surface area contributed by atoms with Crippen LogP contribution >= 0.6 is 0 Å². The molecule has 142 valence electrons. The third kappa shape index (κ3) is 3.15. The number of aromatic amines is 1. The molecule has 2 aromatic carbocycles. The molecule has 2 heterocycles. The molecule has 0 saturated heterocycles. The molecule has 1 unspecified atom stereocenters. The lowest BCUT2D eigenvalue weighted by molar-refractivity contribution is -0.116. The molecule has 4 rings (SSSR count). The van der Waals surface area contributed by atoms with Crippen LogP contribution in [0.15, 0.2) is 42.6 Å². The number of Topliss-reactive ketones (excluding diaryl/α,β-unsaturated/α-hetero) is 1. The SMILES string of the molecule is CC(=O)N1CCc2cc(C(=O)C(C)OC(=O)c3ccc4cn[nH]c4c3)ccc21. The maximum absolute atomic E-state index is 12.7. The van der Waals surface area contributed by atoms with E-state index in [1.54, 1.807) is 54.4 Å². The first kappa shape index (κ1) is 17.9. The van der Waals surface area contributed by atoms with E-state index in [-0.39, 0.29) is 11.7 Å². The quantitative estimate of drug-likeness (QED) is 0.557. The molecule has 0 bridgehead atoms. The highest BCUT2D eigenvalue weighted by molar-refractivity contribution is 6.03. The van der Waals surface area contributed by atoms with Crippen molar-refractivity contribution in [2.24, 2.45) is 0 Å². The number of hydrogen-bond acceptors (Lipinski definition) is 5. The zero-order valence-electron chi connectivity index (χ0n) is 15.6. The van der Waals surface area contributed by atoms with Crippen molar-refractivity contribution in [3.8, 4) is 0 Å². The number of anilines is 1. The van der Waals surface area contributed by atoms with Crippen molar-refractivity contribution in [1.29, 1.82) is 0 Å². The van der Waals surface area contributed by atoms with E-state index in [9.17, 15) is 14.4 Å². The van der Waals surface area contributed by atoms with Gasteiger partial charge in [0.1, 0.15) is 0 Å². The Kier molecular flexibility index (Phi) is 4.43. The number of carbonyl (C=O) groups is 3. The molecule has 1 N–H and O–H groups in total. The molecule has 0 spiro atoms. The molecule has 1 aliphatic rings. The average molecular weight is 377 g/mol. The number of amides is 1. The van der Waals surface area contributed by atoms with Crippen molar-refractivity contribution in [2.75, 3.05) is 11.4 Å². The fraction of sp³-hybridized carbons (Fsp3) is 0.238. The van der Waals surface area contributed by atoms with E-state index >= 15 is 0 Å². The summed E-state index contributed by atoms with van der Waals surface area (Å²) in [6, 6.07) is 10.3. The van der Waals surface area contributed by atoms with Crippen LogP contribution in [-0.2, 0) is 16.0 Å². The molecule has 0 fully saturated rings. The topological polar surface area (TPSA) is 92.4 Å². The van der Waals surface area contributed by atoms with Crippen LogP contribution in [0.25, 0.3) is 10.9 Å². The smallest absolute Gasteiger partial charge is 0.338 e. The third-order valence-corrected chi connectivity index (χ3v) is 4.97. The Labute approximate surface area is 161 Å². The Hall–Kier alpha value is -3.48. The van der Waals surface area contributed by atoms with E-state index in [2.05, 4.69) is 10.2 Å². The maximum Gasteiger partial charge on any atom is 0.338 e. The number of nitrogens with zero attached hydrogens (tertiary/aromatic N) is 2. The molecule has 0 saturated carbocycles. The lowest BCUT2D eigenvalue weighted by atomic mass is 10.0. The van der Waals surface area contributed by atoms with E-state index in [0.29, 0.717) is 24.1 Å². The van der Waals surface area contributed by atoms with Gasteiger partial charge in [0.2, 0.25) is 11.7 Å². The second-order valence-electron chi connectivity index (χ2n) is 6.85.